The maximum atomic E-state index is 10.4. The van der Waals surface area contributed by atoms with Gasteiger partial charge in [0.2, 0.25) is 0 Å². The van der Waals surface area contributed by atoms with E-state index >= 15 is 0 Å². The average Bonchev–Trinajstić information content (AvgIpc) is 2.75. The maximum Gasteiger partial charge on any atom is 0.189 e. The fourth-order valence-corrected chi connectivity index (χ4v) is 7.20. The smallest absolute Gasteiger partial charge is 0.189 e. The lowest BCUT2D eigenvalue weighted by Gasteiger charge is -2.57. The van der Waals surface area contributed by atoms with Crippen LogP contribution < -0.4 is 9.47 Å². The molecule has 0 radical (unpaired) electrons. The summed E-state index contributed by atoms with van der Waals surface area (Å²) in [5.74, 6) is 7.33. The zero-order valence-electron chi connectivity index (χ0n) is 21.0. The molecule has 4 fully saturated rings. The number of rotatable bonds is 9. The first kappa shape index (κ1) is 24.6. The Morgan fingerprint density at radius 2 is 1.64 bits per heavy atom. The minimum Gasteiger partial charge on any atom is -0.495 e. The zero-order chi connectivity index (χ0) is 23.6. The first-order valence-electron chi connectivity index (χ1n) is 12.4. The van der Waals surface area contributed by atoms with Crippen molar-refractivity contribution in [2.75, 3.05) is 34.2 Å². The lowest BCUT2D eigenvalue weighted by atomic mass is 9.48. The lowest BCUT2D eigenvalue weighted by Crippen LogP contribution is -2.48. The molecule has 0 aromatic heterocycles. The van der Waals surface area contributed by atoms with E-state index in [0.29, 0.717) is 19.0 Å². The number of methoxy groups -OCH3 is 2. The zero-order valence-corrected chi connectivity index (χ0v) is 22.0. The third kappa shape index (κ3) is 5.27. The van der Waals surface area contributed by atoms with Gasteiger partial charge in [-0.05, 0) is 67.8 Å². The van der Waals surface area contributed by atoms with Crippen molar-refractivity contribution in [3.05, 3.63) is 22.8 Å². The highest BCUT2D eigenvalue weighted by Crippen LogP contribution is 2.62. The Balaban J connectivity index is 1.79. The van der Waals surface area contributed by atoms with Crippen molar-refractivity contribution in [2.45, 2.75) is 70.2 Å². The Kier molecular flexibility index (Phi) is 7.45. The van der Waals surface area contributed by atoms with Crippen LogP contribution in [0.15, 0.2) is 6.07 Å². The first-order valence-corrected chi connectivity index (χ1v) is 15.9. The Labute approximate surface area is 200 Å². The van der Waals surface area contributed by atoms with Gasteiger partial charge in [0.1, 0.15) is 25.1 Å². The second kappa shape index (κ2) is 9.99. The van der Waals surface area contributed by atoms with Crippen LogP contribution in [0.1, 0.15) is 55.2 Å². The van der Waals surface area contributed by atoms with Gasteiger partial charge in [-0.25, -0.2) is 0 Å². The molecule has 0 atom stereocenters. The molecule has 0 unspecified atom stereocenters. The van der Waals surface area contributed by atoms with E-state index in [0.717, 1.165) is 34.6 Å². The highest BCUT2D eigenvalue weighted by atomic mass is 28.3. The van der Waals surface area contributed by atoms with Crippen molar-refractivity contribution >= 4 is 8.07 Å². The largest absolute Gasteiger partial charge is 0.495 e. The summed E-state index contributed by atoms with van der Waals surface area (Å²) in [5, 5.41) is 10.4. The normalized spacial score (nSPS) is 27.9. The highest BCUT2D eigenvalue weighted by molar-refractivity contribution is 6.83. The predicted molar refractivity (Wildman–Crippen MR) is 132 cm³/mol. The van der Waals surface area contributed by atoms with E-state index in [1.165, 1.54) is 44.1 Å². The number of hydrogen-bond acceptors (Lipinski definition) is 5. The molecule has 0 spiro atoms. The van der Waals surface area contributed by atoms with E-state index in [2.05, 4.69) is 37.2 Å². The Morgan fingerprint density at radius 1 is 1.00 bits per heavy atom. The van der Waals surface area contributed by atoms with Crippen LogP contribution in [0.2, 0.25) is 19.6 Å². The van der Waals surface area contributed by atoms with Crippen LogP contribution in [0.25, 0.3) is 0 Å². The molecule has 5 nitrogen and oxygen atoms in total. The molecule has 0 saturated heterocycles. The summed E-state index contributed by atoms with van der Waals surface area (Å²) in [5.41, 5.74) is 6.42. The molecule has 1 N–H and O–H groups in total. The molecule has 0 aliphatic heterocycles. The number of ether oxygens (including phenoxy) is 4. The van der Waals surface area contributed by atoms with Crippen LogP contribution in [-0.2, 0) is 21.5 Å². The lowest BCUT2D eigenvalue weighted by molar-refractivity contribution is -0.0104. The van der Waals surface area contributed by atoms with Gasteiger partial charge in [-0.3, -0.25) is 0 Å². The predicted octanol–water partition coefficient (Wildman–Crippen LogP) is 4.88. The summed E-state index contributed by atoms with van der Waals surface area (Å²) < 4.78 is 22.8. The molecule has 1 aromatic rings. The van der Waals surface area contributed by atoms with Crippen molar-refractivity contribution < 1.29 is 24.1 Å². The molecule has 6 heteroatoms. The third-order valence-corrected chi connectivity index (χ3v) is 8.45. The van der Waals surface area contributed by atoms with Gasteiger partial charge in [0.15, 0.2) is 6.79 Å². The molecular weight excluding hydrogens is 432 g/mol. The van der Waals surface area contributed by atoms with Crippen LogP contribution in [0, 0.1) is 29.2 Å². The van der Waals surface area contributed by atoms with Gasteiger partial charge in [-0.1, -0.05) is 25.6 Å². The van der Waals surface area contributed by atoms with Gasteiger partial charge in [-0.2, -0.15) is 0 Å². The third-order valence-electron chi connectivity index (χ3n) is 7.57. The van der Waals surface area contributed by atoms with Gasteiger partial charge in [0.25, 0.3) is 0 Å². The maximum absolute atomic E-state index is 10.4. The van der Waals surface area contributed by atoms with Crippen LogP contribution in [0.3, 0.4) is 0 Å². The van der Waals surface area contributed by atoms with Gasteiger partial charge in [0, 0.05) is 18.2 Å². The number of benzene rings is 1. The number of hydrogen-bond donors (Lipinski definition) is 1. The molecule has 5 rings (SSSR count). The van der Waals surface area contributed by atoms with Crippen LogP contribution in [0.4, 0.5) is 0 Å². The molecule has 33 heavy (non-hydrogen) atoms. The van der Waals surface area contributed by atoms with E-state index < -0.39 is 8.07 Å². The van der Waals surface area contributed by atoms with E-state index in [4.69, 9.17) is 18.9 Å². The van der Waals surface area contributed by atoms with Crippen molar-refractivity contribution in [3.8, 4) is 23.0 Å². The molecule has 182 valence electrons. The van der Waals surface area contributed by atoms with Gasteiger partial charge >= 0.3 is 0 Å². The van der Waals surface area contributed by atoms with E-state index in [1.54, 1.807) is 14.2 Å². The summed E-state index contributed by atoms with van der Waals surface area (Å²) in [6.07, 6.45) is 7.83. The van der Waals surface area contributed by atoms with Crippen molar-refractivity contribution in [1.29, 1.82) is 0 Å². The second-order valence-corrected chi connectivity index (χ2v) is 16.1. The summed E-state index contributed by atoms with van der Waals surface area (Å²) in [7, 11) is 1.75. The van der Waals surface area contributed by atoms with Gasteiger partial charge in [-0.15, -0.1) is 5.54 Å². The first-order chi connectivity index (χ1) is 15.8. The standard InChI is InChI=1S/C27H40O5Si/c1-29-7-8-31-18-32-25-22(17-28)13-24(26(30-2)23(25)6-9-33(3,4)5)27-14-19-10-20(15-27)12-21(11-19)16-27/h13,19-21,28H,7-8,10-12,14-18H2,1-5H3. The van der Waals surface area contributed by atoms with Crippen LogP contribution in [-0.4, -0.2) is 47.4 Å². The van der Waals surface area contributed by atoms with Gasteiger partial charge in [0.05, 0.1) is 26.9 Å². The quantitative estimate of drug-likeness (QED) is 0.240. The number of aliphatic hydroxyl groups excluding tert-OH is 1. The highest BCUT2D eigenvalue weighted by Gasteiger charge is 2.53. The fourth-order valence-electron chi connectivity index (χ4n) is 6.70. The summed E-state index contributed by atoms with van der Waals surface area (Å²) >= 11 is 0. The second-order valence-electron chi connectivity index (χ2n) is 11.3. The Morgan fingerprint density at radius 3 is 2.15 bits per heavy atom. The van der Waals surface area contributed by atoms with Crippen LogP contribution in [0.5, 0.6) is 11.5 Å². The molecule has 4 bridgehead atoms. The summed E-state index contributed by atoms with van der Waals surface area (Å²) in [6.45, 7) is 7.64. The molecular formula is C27H40O5Si. The fraction of sp³-hybridized carbons (Fsp3) is 0.704. The van der Waals surface area contributed by atoms with Crippen molar-refractivity contribution in [2.24, 2.45) is 17.8 Å². The average molecular weight is 473 g/mol. The molecule has 0 heterocycles. The molecule has 4 aliphatic carbocycles. The van der Waals surface area contributed by atoms with Gasteiger partial charge < -0.3 is 24.1 Å². The van der Waals surface area contributed by atoms with Crippen molar-refractivity contribution in [1.82, 2.24) is 0 Å². The summed E-state index contributed by atoms with van der Waals surface area (Å²) in [4.78, 5) is 0. The van der Waals surface area contributed by atoms with E-state index in [-0.39, 0.29) is 18.8 Å². The van der Waals surface area contributed by atoms with E-state index in [1.807, 2.05) is 0 Å². The topological polar surface area (TPSA) is 57.2 Å². The van der Waals surface area contributed by atoms with E-state index in [9.17, 15) is 5.11 Å². The van der Waals surface area contributed by atoms with Crippen molar-refractivity contribution in [3.63, 3.8) is 0 Å². The molecule has 1 aromatic carbocycles. The monoisotopic (exact) mass is 472 g/mol. The number of aliphatic hydroxyl groups is 1. The SMILES string of the molecule is COCCOCOc1c(CO)cc(C23CC4CC(CC(C4)C2)C3)c(OC)c1C#C[Si](C)(C)C. The summed E-state index contributed by atoms with van der Waals surface area (Å²) in [6, 6.07) is 2.15. The van der Waals surface area contributed by atoms with Crippen LogP contribution >= 0.6 is 0 Å². The molecule has 4 saturated carbocycles. The Bertz CT molecular complexity index is 873. The molecule has 4 aliphatic rings. The molecule has 0 amide bonds. The minimum absolute atomic E-state index is 0.0812. The minimum atomic E-state index is -1.65. The Hall–Kier alpha value is -1.52.